The van der Waals surface area contributed by atoms with Crippen LogP contribution in [0.15, 0.2) is 55.0 Å². The fraction of sp³-hybridized carbons (Fsp3) is 0.0500. The van der Waals surface area contributed by atoms with E-state index < -0.39 is 17.6 Å². The van der Waals surface area contributed by atoms with Gasteiger partial charge in [-0.3, -0.25) is 9.78 Å². The minimum Gasteiger partial charge on any atom is -0.366 e. The molecular formula is C20H13F3N4O. The second kappa shape index (κ2) is 6.49. The molecule has 0 radical (unpaired) electrons. The van der Waals surface area contributed by atoms with Crippen LogP contribution in [0, 0.1) is 0 Å². The first-order valence-electron chi connectivity index (χ1n) is 8.23. The summed E-state index contributed by atoms with van der Waals surface area (Å²) in [6.07, 6.45) is 3.28. The lowest BCUT2D eigenvalue weighted by Crippen LogP contribution is -2.04. The second-order valence-corrected chi connectivity index (χ2v) is 6.23. The first-order valence-corrected chi connectivity index (χ1v) is 8.23. The third-order valence-corrected chi connectivity index (χ3v) is 4.33. The largest absolute Gasteiger partial charge is 0.416 e. The van der Waals surface area contributed by atoms with Gasteiger partial charge in [-0.05, 0) is 36.4 Å². The zero-order valence-corrected chi connectivity index (χ0v) is 14.3. The van der Waals surface area contributed by atoms with E-state index in [1.807, 2.05) is 6.07 Å². The predicted octanol–water partition coefficient (Wildman–Crippen LogP) is 4.30. The number of hydrogen-bond acceptors (Lipinski definition) is 3. The lowest BCUT2D eigenvalue weighted by atomic mass is 10.0. The van der Waals surface area contributed by atoms with Crippen LogP contribution in [0.1, 0.15) is 11.1 Å². The van der Waals surface area contributed by atoms with E-state index in [1.54, 1.807) is 30.7 Å². The molecular weight excluding hydrogens is 369 g/mol. The lowest BCUT2D eigenvalue weighted by molar-refractivity contribution is -0.137. The molecule has 0 fully saturated rings. The molecule has 0 spiro atoms. The summed E-state index contributed by atoms with van der Waals surface area (Å²) in [7, 11) is 0. The molecule has 3 heterocycles. The zero-order chi connectivity index (χ0) is 19.9. The van der Waals surface area contributed by atoms with Crippen molar-refractivity contribution in [2.45, 2.75) is 6.18 Å². The number of nitrogens with one attached hydrogen (secondary N) is 1. The number of benzene rings is 1. The topological polar surface area (TPSA) is 84.7 Å². The SMILES string of the molecule is NC(=O)C=Cc1c[nH]c2ncc(-c3cnc4ccc(C(F)(F)F)cc4c3)cc12. The Morgan fingerprint density at radius 1 is 1.07 bits per heavy atom. The fourth-order valence-electron chi connectivity index (χ4n) is 2.96. The molecule has 4 aromatic rings. The molecule has 4 rings (SSSR count). The highest BCUT2D eigenvalue weighted by molar-refractivity contribution is 5.96. The maximum absolute atomic E-state index is 13.0. The molecule has 0 saturated carbocycles. The maximum Gasteiger partial charge on any atom is 0.416 e. The van der Waals surface area contributed by atoms with Crippen LogP contribution in [0.2, 0.25) is 0 Å². The number of carbonyl (C=O) groups is 1. The smallest absolute Gasteiger partial charge is 0.366 e. The highest BCUT2D eigenvalue weighted by atomic mass is 19.4. The van der Waals surface area contributed by atoms with Crippen LogP contribution in [0.25, 0.3) is 39.1 Å². The molecule has 0 aliphatic carbocycles. The summed E-state index contributed by atoms with van der Waals surface area (Å²) in [5, 5.41) is 1.13. The average Bonchev–Trinajstić information content (AvgIpc) is 3.07. The van der Waals surface area contributed by atoms with Gasteiger partial charge in [-0.1, -0.05) is 0 Å². The summed E-state index contributed by atoms with van der Waals surface area (Å²) in [5.74, 6) is -0.572. The molecule has 0 aliphatic heterocycles. The van der Waals surface area contributed by atoms with Crippen LogP contribution in [-0.2, 0) is 11.0 Å². The van der Waals surface area contributed by atoms with E-state index in [-0.39, 0.29) is 0 Å². The minimum atomic E-state index is -4.42. The normalized spacial score (nSPS) is 12.2. The number of pyridine rings is 2. The summed E-state index contributed by atoms with van der Waals surface area (Å²) in [5.41, 5.74) is 7.52. The van der Waals surface area contributed by atoms with E-state index in [9.17, 15) is 18.0 Å². The number of aromatic amines is 1. The Labute approximate surface area is 156 Å². The number of nitrogens with zero attached hydrogens (tertiary/aromatic N) is 2. The molecule has 5 nitrogen and oxygen atoms in total. The van der Waals surface area contributed by atoms with Gasteiger partial charge in [0.15, 0.2) is 0 Å². The van der Waals surface area contributed by atoms with Gasteiger partial charge in [0, 0.05) is 52.1 Å². The van der Waals surface area contributed by atoms with Gasteiger partial charge in [0.1, 0.15) is 5.65 Å². The number of hydrogen-bond donors (Lipinski definition) is 2. The number of H-pyrrole nitrogens is 1. The van der Waals surface area contributed by atoms with Gasteiger partial charge >= 0.3 is 6.18 Å². The average molecular weight is 382 g/mol. The fourth-order valence-corrected chi connectivity index (χ4v) is 2.96. The van der Waals surface area contributed by atoms with Gasteiger partial charge in [-0.2, -0.15) is 13.2 Å². The van der Waals surface area contributed by atoms with Crippen molar-refractivity contribution in [1.29, 1.82) is 0 Å². The zero-order valence-electron chi connectivity index (χ0n) is 14.3. The number of carbonyl (C=O) groups excluding carboxylic acids is 1. The van der Waals surface area contributed by atoms with Gasteiger partial charge in [0.05, 0.1) is 11.1 Å². The molecule has 0 aliphatic rings. The van der Waals surface area contributed by atoms with Crippen LogP contribution in [-0.4, -0.2) is 20.9 Å². The monoisotopic (exact) mass is 382 g/mol. The van der Waals surface area contributed by atoms with Crippen molar-refractivity contribution in [3.8, 4) is 11.1 Å². The molecule has 8 heteroatoms. The molecule has 28 heavy (non-hydrogen) atoms. The molecule has 3 aromatic heterocycles. The van der Waals surface area contributed by atoms with Crippen molar-refractivity contribution in [2.24, 2.45) is 5.73 Å². The van der Waals surface area contributed by atoms with Crippen LogP contribution in [0.4, 0.5) is 13.2 Å². The Hall–Kier alpha value is -3.68. The van der Waals surface area contributed by atoms with E-state index >= 15 is 0 Å². The summed E-state index contributed by atoms with van der Waals surface area (Å²) < 4.78 is 38.9. The van der Waals surface area contributed by atoms with E-state index in [0.717, 1.165) is 23.1 Å². The number of rotatable bonds is 3. The summed E-state index contributed by atoms with van der Waals surface area (Å²) in [4.78, 5) is 22.5. The number of nitrogens with two attached hydrogens (primary N) is 1. The van der Waals surface area contributed by atoms with E-state index in [1.165, 1.54) is 12.1 Å². The van der Waals surface area contributed by atoms with Crippen LogP contribution < -0.4 is 5.73 Å². The number of halogens is 3. The van der Waals surface area contributed by atoms with E-state index in [4.69, 9.17) is 5.73 Å². The Morgan fingerprint density at radius 3 is 2.57 bits per heavy atom. The first-order chi connectivity index (χ1) is 13.3. The van der Waals surface area contributed by atoms with Crippen molar-refractivity contribution < 1.29 is 18.0 Å². The van der Waals surface area contributed by atoms with Gasteiger partial charge in [0.25, 0.3) is 0 Å². The molecule has 1 aromatic carbocycles. The number of amides is 1. The van der Waals surface area contributed by atoms with Gasteiger partial charge in [-0.25, -0.2) is 4.98 Å². The van der Waals surface area contributed by atoms with Crippen LogP contribution in [0.5, 0.6) is 0 Å². The molecule has 0 unspecified atom stereocenters. The number of fused-ring (bicyclic) bond motifs is 2. The van der Waals surface area contributed by atoms with E-state index in [0.29, 0.717) is 27.7 Å². The van der Waals surface area contributed by atoms with Crippen molar-refractivity contribution in [1.82, 2.24) is 15.0 Å². The molecule has 0 saturated heterocycles. The highest BCUT2D eigenvalue weighted by Crippen LogP contribution is 2.32. The first kappa shape index (κ1) is 17.7. The molecule has 140 valence electrons. The number of alkyl halides is 3. The molecule has 3 N–H and O–H groups in total. The van der Waals surface area contributed by atoms with Gasteiger partial charge in [0.2, 0.25) is 5.91 Å². The Balaban J connectivity index is 1.81. The Morgan fingerprint density at radius 2 is 1.82 bits per heavy atom. The molecule has 1 amide bonds. The van der Waals surface area contributed by atoms with Gasteiger partial charge in [-0.15, -0.1) is 0 Å². The third-order valence-electron chi connectivity index (χ3n) is 4.33. The summed E-state index contributed by atoms with van der Waals surface area (Å²) in [6, 6.07) is 6.92. The number of aromatic nitrogens is 3. The van der Waals surface area contributed by atoms with Crippen molar-refractivity contribution in [3.63, 3.8) is 0 Å². The van der Waals surface area contributed by atoms with Crippen molar-refractivity contribution in [2.75, 3.05) is 0 Å². The Kier molecular flexibility index (Phi) is 4.11. The maximum atomic E-state index is 13.0. The van der Waals surface area contributed by atoms with E-state index in [2.05, 4.69) is 15.0 Å². The summed E-state index contributed by atoms with van der Waals surface area (Å²) >= 11 is 0. The highest BCUT2D eigenvalue weighted by Gasteiger charge is 2.30. The van der Waals surface area contributed by atoms with Gasteiger partial charge < -0.3 is 10.7 Å². The third kappa shape index (κ3) is 3.32. The minimum absolute atomic E-state index is 0.385. The quantitative estimate of drug-likeness (QED) is 0.518. The van der Waals surface area contributed by atoms with Crippen LogP contribution >= 0.6 is 0 Å². The van der Waals surface area contributed by atoms with Crippen LogP contribution in [0.3, 0.4) is 0 Å². The second-order valence-electron chi connectivity index (χ2n) is 6.23. The lowest BCUT2D eigenvalue weighted by Gasteiger charge is -2.08. The Bertz CT molecular complexity index is 1240. The van der Waals surface area contributed by atoms with Crippen molar-refractivity contribution >= 4 is 33.9 Å². The standard InChI is InChI=1S/C20H13F3N4O/c21-20(22,23)15-2-3-17-12(6-15)5-13(9-25-17)14-7-16-11(1-4-18(24)28)8-26-19(16)27-10-14/h1-10H,(H2,24,28)(H,26,27). The predicted molar refractivity (Wildman–Crippen MR) is 100 cm³/mol. The molecule has 0 bridgehead atoms. The van der Waals surface area contributed by atoms with Crippen molar-refractivity contribution in [3.05, 3.63) is 66.1 Å². The number of primary amides is 1. The molecule has 0 atom stereocenters. The summed E-state index contributed by atoms with van der Waals surface area (Å²) in [6.45, 7) is 0.